The molecule has 2 rings (SSSR count). The molecule has 0 fully saturated rings. The van der Waals surface area contributed by atoms with Crippen molar-refractivity contribution in [3.05, 3.63) is 58.3 Å². The number of hydrogen-bond donors (Lipinski definition) is 3. The van der Waals surface area contributed by atoms with Crippen molar-refractivity contribution in [2.24, 2.45) is 0 Å². The van der Waals surface area contributed by atoms with E-state index in [4.69, 9.17) is 23.2 Å². The molecule has 1 aromatic carbocycles. The Kier molecular flexibility index (Phi) is 6.54. The van der Waals surface area contributed by atoms with Crippen LogP contribution in [-0.2, 0) is 16.1 Å². The van der Waals surface area contributed by atoms with Gasteiger partial charge in [0.2, 0.25) is 5.91 Å². The average molecular weight is 368 g/mol. The van der Waals surface area contributed by atoms with Crippen LogP contribution in [-0.4, -0.2) is 28.0 Å². The smallest absolute Gasteiger partial charge is 0.321 e. The van der Waals surface area contributed by atoms with Gasteiger partial charge in [0.25, 0.3) is 0 Å². The number of carbonyl (C=O) groups is 2. The molecule has 0 spiro atoms. The molecule has 8 heteroatoms. The fourth-order valence-electron chi connectivity index (χ4n) is 2.01. The van der Waals surface area contributed by atoms with E-state index >= 15 is 0 Å². The zero-order chi connectivity index (χ0) is 17.5. The van der Waals surface area contributed by atoms with Gasteiger partial charge in [-0.15, -0.1) is 0 Å². The van der Waals surface area contributed by atoms with Crippen molar-refractivity contribution in [2.75, 3.05) is 5.32 Å². The maximum atomic E-state index is 12.0. The molecule has 0 saturated heterocycles. The second-order valence-corrected chi connectivity index (χ2v) is 5.92. The van der Waals surface area contributed by atoms with Crippen LogP contribution in [0.25, 0.3) is 0 Å². The van der Waals surface area contributed by atoms with Gasteiger partial charge in [0, 0.05) is 34.7 Å². The zero-order valence-corrected chi connectivity index (χ0v) is 14.0. The van der Waals surface area contributed by atoms with E-state index in [0.717, 1.165) is 5.56 Å². The van der Waals surface area contributed by atoms with Crippen molar-refractivity contribution in [1.29, 1.82) is 0 Å². The largest absolute Gasteiger partial charge is 0.480 e. The molecule has 1 atom stereocenters. The summed E-state index contributed by atoms with van der Waals surface area (Å²) in [6.07, 6.45) is 3.02. The highest BCUT2D eigenvalue weighted by Crippen LogP contribution is 2.22. The lowest BCUT2D eigenvalue weighted by Gasteiger charge is -2.14. The van der Waals surface area contributed by atoms with Gasteiger partial charge in [0.05, 0.1) is 6.42 Å². The molecular formula is C16H15Cl2N3O3. The standard InChI is InChI=1S/C16H15Cl2N3O3/c17-11-4-12(18)6-13(5-11)21-15(22)7-14(16(23)24)20-9-10-2-1-3-19-8-10/h1-6,8,14,20H,7,9H2,(H,21,22)(H,23,24). The maximum Gasteiger partial charge on any atom is 0.321 e. The first kappa shape index (κ1) is 18.2. The van der Waals surface area contributed by atoms with E-state index in [1.165, 1.54) is 18.2 Å². The predicted octanol–water partition coefficient (Wildman–Crippen LogP) is 2.96. The van der Waals surface area contributed by atoms with Gasteiger partial charge in [-0.3, -0.25) is 19.9 Å². The van der Waals surface area contributed by atoms with E-state index in [-0.39, 0.29) is 6.42 Å². The van der Waals surface area contributed by atoms with Crippen molar-refractivity contribution in [3.8, 4) is 0 Å². The van der Waals surface area contributed by atoms with E-state index in [9.17, 15) is 14.7 Å². The molecule has 24 heavy (non-hydrogen) atoms. The second kappa shape index (κ2) is 8.63. The Bertz CT molecular complexity index is 706. The number of anilines is 1. The molecule has 0 aliphatic carbocycles. The van der Waals surface area contributed by atoms with E-state index in [1.54, 1.807) is 18.5 Å². The third-order valence-corrected chi connectivity index (χ3v) is 3.55. The summed E-state index contributed by atoms with van der Waals surface area (Å²) < 4.78 is 0. The summed E-state index contributed by atoms with van der Waals surface area (Å²) >= 11 is 11.7. The van der Waals surface area contributed by atoms with E-state index in [1.807, 2.05) is 6.07 Å². The Morgan fingerprint density at radius 3 is 2.50 bits per heavy atom. The van der Waals surface area contributed by atoms with E-state index in [2.05, 4.69) is 15.6 Å². The lowest BCUT2D eigenvalue weighted by Crippen LogP contribution is -2.39. The molecule has 1 unspecified atom stereocenters. The fraction of sp³-hybridized carbons (Fsp3) is 0.188. The molecule has 3 N–H and O–H groups in total. The minimum atomic E-state index is -1.11. The van der Waals surface area contributed by atoms with Gasteiger partial charge in [-0.25, -0.2) is 0 Å². The predicted molar refractivity (Wildman–Crippen MR) is 92.2 cm³/mol. The number of aromatic nitrogens is 1. The van der Waals surface area contributed by atoms with Gasteiger partial charge in [-0.1, -0.05) is 29.3 Å². The topological polar surface area (TPSA) is 91.3 Å². The number of halogens is 2. The number of pyridine rings is 1. The SMILES string of the molecule is O=C(CC(NCc1cccnc1)C(=O)O)Nc1cc(Cl)cc(Cl)c1. The molecule has 2 aromatic rings. The number of rotatable bonds is 7. The van der Waals surface area contributed by atoms with Crippen LogP contribution in [0.15, 0.2) is 42.7 Å². The summed E-state index contributed by atoms with van der Waals surface area (Å²) in [7, 11) is 0. The van der Waals surface area contributed by atoms with Gasteiger partial charge < -0.3 is 10.4 Å². The summed E-state index contributed by atoms with van der Waals surface area (Å²) in [5.41, 5.74) is 1.24. The van der Waals surface area contributed by atoms with Gasteiger partial charge in [-0.2, -0.15) is 0 Å². The van der Waals surface area contributed by atoms with Crippen LogP contribution in [0.4, 0.5) is 5.69 Å². The van der Waals surface area contributed by atoms with Gasteiger partial charge in [0.15, 0.2) is 0 Å². The Hall–Kier alpha value is -2.15. The van der Waals surface area contributed by atoms with Crippen molar-refractivity contribution in [3.63, 3.8) is 0 Å². The number of aliphatic carboxylic acids is 1. The van der Waals surface area contributed by atoms with E-state index in [0.29, 0.717) is 22.3 Å². The van der Waals surface area contributed by atoms with Crippen LogP contribution in [0.1, 0.15) is 12.0 Å². The molecule has 0 aliphatic heterocycles. The van der Waals surface area contributed by atoms with Gasteiger partial charge in [0.1, 0.15) is 6.04 Å². The van der Waals surface area contributed by atoms with Crippen LogP contribution in [0, 0.1) is 0 Å². The molecular weight excluding hydrogens is 353 g/mol. The summed E-state index contributed by atoms with van der Waals surface area (Å²) in [5, 5.41) is 15.4. The molecule has 0 bridgehead atoms. The number of carboxylic acid groups (broad SMARTS) is 1. The van der Waals surface area contributed by atoms with Gasteiger partial charge in [-0.05, 0) is 29.8 Å². The highest BCUT2D eigenvalue weighted by atomic mass is 35.5. The van der Waals surface area contributed by atoms with Crippen LogP contribution >= 0.6 is 23.2 Å². The number of amides is 1. The maximum absolute atomic E-state index is 12.0. The third kappa shape index (κ3) is 5.81. The zero-order valence-electron chi connectivity index (χ0n) is 12.5. The highest BCUT2D eigenvalue weighted by molar-refractivity contribution is 6.35. The Balaban J connectivity index is 1.94. The average Bonchev–Trinajstić information content (AvgIpc) is 2.51. The number of carboxylic acids is 1. The molecule has 1 aromatic heterocycles. The fourth-order valence-corrected chi connectivity index (χ4v) is 2.54. The lowest BCUT2D eigenvalue weighted by molar-refractivity contribution is -0.141. The molecule has 0 radical (unpaired) electrons. The lowest BCUT2D eigenvalue weighted by atomic mass is 10.1. The first-order valence-electron chi connectivity index (χ1n) is 7.05. The number of nitrogens with one attached hydrogen (secondary N) is 2. The Morgan fingerprint density at radius 2 is 1.92 bits per heavy atom. The highest BCUT2D eigenvalue weighted by Gasteiger charge is 2.21. The first-order valence-corrected chi connectivity index (χ1v) is 7.80. The molecule has 0 aliphatic rings. The summed E-state index contributed by atoms with van der Waals surface area (Å²) in [4.78, 5) is 27.3. The Labute approximate surface area is 148 Å². The van der Waals surface area contributed by atoms with Crippen LogP contribution in [0.5, 0.6) is 0 Å². The van der Waals surface area contributed by atoms with Crippen molar-refractivity contribution >= 4 is 40.8 Å². The molecule has 1 heterocycles. The summed E-state index contributed by atoms with van der Waals surface area (Å²) in [6, 6.07) is 7.14. The molecule has 1 amide bonds. The second-order valence-electron chi connectivity index (χ2n) is 5.04. The molecule has 6 nitrogen and oxygen atoms in total. The van der Waals surface area contributed by atoms with Crippen molar-refractivity contribution in [2.45, 2.75) is 19.0 Å². The first-order chi connectivity index (χ1) is 11.4. The number of benzene rings is 1. The molecule has 0 saturated carbocycles. The summed E-state index contributed by atoms with van der Waals surface area (Å²) in [6.45, 7) is 0.293. The monoisotopic (exact) mass is 367 g/mol. The Morgan fingerprint density at radius 1 is 1.21 bits per heavy atom. The van der Waals surface area contributed by atoms with Crippen LogP contribution in [0.3, 0.4) is 0 Å². The van der Waals surface area contributed by atoms with Crippen molar-refractivity contribution < 1.29 is 14.7 Å². The summed E-state index contributed by atoms with van der Waals surface area (Å²) in [5.74, 6) is -1.57. The van der Waals surface area contributed by atoms with Crippen LogP contribution < -0.4 is 10.6 Å². The quantitative estimate of drug-likeness (QED) is 0.699. The van der Waals surface area contributed by atoms with Crippen LogP contribution in [0.2, 0.25) is 10.0 Å². The minimum absolute atomic E-state index is 0.236. The third-order valence-electron chi connectivity index (χ3n) is 3.11. The number of carbonyl (C=O) groups excluding carboxylic acids is 1. The van der Waals surface area contributed by atoms with Gasteiger partial charge >= 0.3 is 5.97 Å². The minimum Gasteiger partial charge on any atom is -0.480 e. The number of nitrogens with zero attached hydrogens (tertiary/aromatic N) is 1. The van der Waals surface area contributed by atoms with Crippen molar-refractivity contribution in [1.82, 2.24) is 10.3 Å². The number of hydrogen-bond acceptors (Lipinski definition) is 4. The normalized spacial score (nSPS) is 11.8. The van der Waals surface area contributed by atoms with E-state index < -0.39 is 17.9 Å². The molecule has 126 valence electrons.